The fourth-order valence-electron chi connectivity index (χ4n) is 1.66. The molecule has 6 nitrogen and oxygen atoms in total. The van der Waals surface area contributed by atoms with Crippen LogP contribution in [0.5, 0.6) is 5.75 Å². The fraction of sp³-hybridized carbons (Fsp3) is 0.417. The van der Waals surface area contributed by atoms with Gasteiger partial charge in [0.15, 0.2) is 0 Å². The van der Waals surface area contributed by atoms with Crippen LogP contribution < -0.4 is 0 Å². The van der Waals surface area contributed by atoms with E-state index >= 15 is 0 Å². The van der Waals surface area contributed by atoms with Crippen LogP contribution in [-0.4, -0.2) is 27.3 Å². The second kappa shape index (κ2) is 5.59. The molecule has 1 atom stereocenters. The predicted octanol–water partition coefficient (Wildman–Crippen LogP) is 2.32. The van der Waals surface area contributed by atoms with Crippen LogP contribution >= 0.6 is 0 Å². The van der Waals surface area contributed by atoms with Crippen molar-refractivity contribution in [2.75, 3.05) is 7.11 Å². The van der Waals surface area contributed by atoms with E-state index in [1.807, 2.05) is 0 Å². The van der Waals surface area contributed by atoms with Gasteiger partial charge in [0, 0.05) is 13.3 Å². The molecule has 0 radical (unpaired) electrons. The Bertz CT molecular complexity index is 513. The maximum atomic E-state index is 9.65. The minimum Gasteiger partial charge on any atom is -0.505 e. The van der Waals surface area contributed by atoms with Crippen LogP contribution in [0.1, 0.15) is 31.7 Å². The molecule has 96 valence electrons. The molecule has 0 saturated carbocycles. The normalized spacial score (nSPS) is 12.6. The highest BCUT2D eigenvalue weighted by Gasteiger charge is 2.19. The van der Waals surface area contributed by atoms with E-state index in [2.05, 4.69) is 22.0 Å². The molecule has 18 heavy (non-hydrogen) atoms. The Kier molecular flexibility index (Phi) is 3.88. The van der Waals surface area contributed by atoms with Crippen molar-refractivity contribution >= 4 is 0 Å². The van der Waals surface area contributed by atoms with E-state index in [0.717, 1.165) is 12.8 Å². The van der Waals surface area contributed by atoms with Crippen molar-refractivity contribution in [2.24, 2.45) is 0 Å². The van der Waals surface area contributed by atoms with Crippen LogP contribution in [-0.2, 0) is 4.74 Å². The average molecular weight is 249 g/mol. The van der Waals surface area contributed by atoms with Crippen molar-refractivity contribution in [3.05, 3.63) is 24.3 Å². The Hall–Kier alpha value is -1.95. The number of rotatable bonds is 5. The van der Waals surface area contributed by atoms with Crippen molar-refractivity contribution in [3.63, 3.8) is 0 Å². The van der Waals surface area contributed by atoms with Gasteiger partial charge in [0.1, 0.15) is 11.9 Å². The van der Waals surface area contributed by atoms with Crippen molar-refractivity contribution in [1.82, 2.24) is 15.1 Å². The SMILES string of the molecule is CCCC(OC)c1noc(-c2ccncc2O)n1. The molecule has 0 spiro atoms. The molecule has 2 heterocycles. The van der Waals surface area contributed by atoms with Crippen LogP contribution in [0.4, 0.5) is 0 Å². The standard InChI is InChI=1S/C12H15N3O3/c1-3-4-10(17-2)11-14-12(18-15-11)8-5-6-13-7-9(8)16/h5-7,10,16H,3-4H2,1-2H3. The molecular formula is C12H15N3O3. The highest BCUT2D eigenvalue weighted by Crippen LogP contribution is 2.28. The number of methoxy groups -OCH3 is 1. The molecule has 0 aliphatic carbocycles. The predicted molar refractivity (Wildman–Crippen MR) is 63.9 cm³/mol. The van der Waals surface area contributed by atoms with Crippen molar-refractivity contribution < 1.29 is 14.4 Å². The second-order valence-electron chi connectivity index (χ2n) is 3.86. The zero-order valence-corrected chi connectivity index (χ0v) is 10.3. The van der Waals surface area contributed by atoms with E-state index in [1.165, 1.54) is 6.20 Å². The lowest BCUT2D eigenvalue weighted by Crippen LogP contribution is -2.03. The number of nitrogens with zero attached hydrogens (tertiary/aromatic N) is 3. The number of ether oxygens (including phenoxy) is 1. The molecule has 2 aromatic heterocycles. The first kappa shape index (κ1) is 12.5. The Labute approximate surface area is 105 Å². The zero-order chi connectivity index (χ0) is 13.0. The van der Waals surface area contributed by atoms with E-state index in [1.54, 1.807) is 19.4 Å². The molecule has 0 aliphatic rings. The van der Waals surface area contributed by atoms with Crippen LogP contribution in [0.15, 0.2) is 23.0 Å². The molecule has 0 aromatic carbocycles. The number of hydrogen-bond donors (Lipinski definition) is 1. The molecule has 0 bridgehead atoms. The van der Waals surface area contributed by atoms with Crippen molar-refractivity contribution in [1.29, 1.82) is 0 Å². The molecular weight excluding hydrogens is 234 g/mol. The first-order valence-electron chi connectivity index (χ1n) is 5.76. The third-order valence-corrected chi connectivity index (χ3v) is 2.60. The quantitative estimate of drug-likeness (QED) is 0.875. The van der Waals surface area contributed by atoms with Crippen LogP contribution in [0.3, 0.4) is 0 Å². The maximum absolute atomic E-state index is 9.65. The molecule has 6 heteroatoms. The van der Waals surface area contributed by atoms with Gasteiger partial charge in [0.05, 0.1) is 11.8 Å². The fourth-order valence-corrected chi connectivity index (χ4v) is 1.66. The minimum atomic E-state index is -0.184. The summed E-state index contributed by atoms with van der Waals surface area (Å²) in [5.41, 5.74) is 0.468. The van der Waals surface area contributed by atoms with Gasteiger partial charge < -0.3 is 14.4 Å². The smallest absolute Gasteiger partial charge is 0.261 e. The van der Waals surface area contributed by atoms with Gasteiger partial charge in [-0.1, -0.05) is 18.5 Å². The summed E-state index contributed by atoms with van der Waals surface area (Å²) in [5, 5.41) is 13.5. The van der Waals surface area contributed by atoms with Gasteiger partial charge in [0.2, 0.25) is 5.82 Å². The lowest BCUT2D eigenvalue weighted by atomic mass is 10.2. The van der Waals surface area contributed by atoms with Gasteiger partial charge in [-0.05, 0) is 12.5 Å². The summed E-state index contributed by atoms with van der Waals surface area (Å²) in [6, 6.07) is 1.62. The highest BCUT2D eigenvalue weighted by molar-refractivity contribution is 5.60. The molecule has 0 saturated heterocycles. The summed E-state index contributed by atoms with van der Waals surface area (Å²) in [5.74, 6) is 0.769. The number of aromatic hydroxyl groups is 1. The van der Waals surface area contributed by atoms with Gasteiger partial charge in [-0.15, -0.1) is 0 Å². The van der Waals surface area contributed by atoms with Crippen molar-refractivity contribution in [3.8, 4) is 17.2 Å². The summed E-state index contributed by atoms with van der Waals surface area (Å²) in [6.07, 6.45) is 4.48. The van der Waals surface area contributed by atoms with Crippen LogP contribution in [0.2, 0.25) is 0 Å². The Morgan fingerprint density at radius 1 is 1.50 bits per heavy atom. The average Bonchev–Trinajstić information content (AvgIpc) is 2.85. The minimum absolute atomic E-state index is 0.0113. The van der Waals surface area contributed by atoms with Gasteiger partial charge in [0.25, 0.3) is 5.89 Å². The van der Waals surface area contributed by atoms with E-state index < -0.39 is 0 Å². The molecule has 2 aromatic rings. The van der Waals surface area contributed by atoms with Gasteiger partial charge in [-0.2, -0.15) is 4.98 Å². The first-order chi connectivity index (χ1) is 8.76. The number of pyridine rings is 1. The summed E-state index contributed by atoms with van der Waals surface area (Å²) in [4.78, 5) is 8.03. The van der Waals surface area contributed by atoms with Crippen molar-refractivity contribution in [2.45, 2.75) is 25.9 Å². The summed E-state index contributed by atoms with van der Waals surface area (Å²) >= 11 is 0. The Morgan fingerprint density at radius 3 is 3.00 bits per heavy atom. The van der Waals surface area contributed by atoms with Gasteiger partial charge in [-0.25, -0.2) is 0 Å². The number of aromatic nitrogens is 3. The summed E-state index contributed by atoms with van der Waals surface area (Å²) in [7, 11) is 1.61. The monoisotopic (exact) mass is 249 g/mol. The number of hydrogen-bond acceptors (Lipinski definition) is 6. The third kappa shape index (κ3) is 2.48. The second-order valence-corrected chi connectivity index (χ2v) is 3.86. The Morgan fingerprint density at radius 2 is 2.33 bits per heavy atom. The van der Waals surface area contributed by atoms with E-state index in [9.17, 15) is 5.11 Å². The third-order valence-electron chi connectivity index (χ3n) is 2.60. The summed E-state index contributed by atoms with van der Waals surface area (Å²) in [6.45, 7) is 2.06. The first-order valence-corrected chi connectivity index (χ1v) is 5.76. The Balaban J connectivity index is 2.28. The van der Waals surface area contributed by atoms with Crippen LogP contribution in [0.25, 0.3) is 11.5 Å². The lowest BCUT2D eigenvalue weighted by molar-refractivity contribution is 0.0854. The molecule has 2 rings (SSSR count). The molecule has 0 fully saturated rings. The van der Waals surface area contributed by atoms with Crippen LogP contribution in [0, 0.1) is 0 Å². The van der Waals surface area contributed by atoms with Gasteiger partial charge in [-0.3, -0.25) is 4.98 Å². The highest BCUT2D eigenvalue weighted by atomic mass is 16.5. The molecule has 0 aliphatic heterocycles. The molecule has 1 N–H and O–H groups in total. The van der Waals surface area contributed by atoms with E-state index in [-0.39, 0.29) is 17.7 Å². The van der Waals surface area contributed by atoms with Gasteiger partial charge >= 0.3 is 0 Å². The summed E-state index contributed by atoms with van der Waals surface area (Å²) < 4.78 is 10.4. The lowest BCUT2D eigenvalue weighted by Gasteiger charge is -2.08. The zero-order valence-electron chi connectivity index (χ0n) is 10.3. The molecule has 0 amide bonds. The van der Waals surface area contributed by atoms with E-state index in [4.69, 9.17) is 9.26 Å². The van der Waals surface area contributed by atoms with E-state index in [0.29, 0.717) is 11.4 Å². The largest absolute Gasteiger partial charge is 0.505 e. The maximum Gasteiger partial charge on any atom is 0.261 e. The molecule has 1 unspecified atom stereocenters. The topological polar surface area (TPSA) is 81.3 Å².